The molecule has 30 heavy (non-hydrogen) atoms. The highest BCUT2D eigenvalue weighted by molar-refractivity contribution is 7.98. The zero-order chi connectivity index (χ0) is 20.2. The third-order valence-electron chi connectivity index (χ3n) is 4.51. The number of nitrogens with zero attached hydrogens (tertiary/aromatic N) is 5. The summed E-state index contributed by atoms with van der Waals surface area (Å²) in [6, 6.07) is 24.3. The Morgan fingerprint density at radius 2 is 1.53 bits per heavy atom. The quantitative estimate of drug-likeness (QED) is 0.323. The Hall–Kier alpha value is -3.29. The molecule has 0 atom stereocenters. The van der Waals surface area contributed by atoms with Gasteiger partial charge in [-0.05, 0) is 24.3 Å². The lowest BCUT2D eigenvalue weighted by molar-refractivity contribution is 0.885. The summed E-state index contributed by atoms with van der Waals surface area (Å²) in [7, 11) is 0. The van der Waals surface area contributed by atoms with Gasteiger partial charge in [0.25, 0.3) is 0 Å². The summed E-state index contributed by atoms with van der Waals surface area (Å²) in [4.78, 5) is 8.91. The summed E-state index contributed by atoms with van der Waals surface area (Å²) >= 11 is 3.30. The SMILES string of the molecule is c1ccc(-c2nc(CSc3nnc(-c4ccncc4)n3-c3ccccc3)cs2)cc1. The first-order chi connectivity index (χ1) is 14.9. The van der Waals surface area contributed by atoms with Gasteiger partial charge in [0, 0.05) is 40.3 Å². The Morgan fingerprint density at radius 3 is 2.30 bits per heavy atom. The van der Waals surface area contributed by atoms with E-state index in [-0.39, 0.29) is 0 Å². The summed E-state index contributed by atoms with van der Waals surface area (Å²) in [5.74, 6) is 1.53. The van der Waals surface area contributed by atoms with Gasteiger partial charge in [-0.2, -0.15) is 0 Å². The van der Waals surface area contributed by atoms with E-state index < -0.39 is 0 Å². The maximum absolute atomic E-state index is 4.79. The van der Waals surface area contributed by atoms with E-state index in [1.54, 1.807) is 35.5 Å². The second-order valence-corrected chi connectivity index (χ2v) is 8.31. The van der Waals surface area contributed by atoms with Gasteiger partial charge < -0.3 is 0 Å². The van der Waals surface area contributed by atoms with Crippen LogP contribution in [-0.2, 0) is 5.75 Å². The molecule has 0 saturated heterocycles. The molecule has 0 aliphatic heterocycles. The lowest BCUT2D eigenvalue weighted by Crippen LogP contribution is -1.99. The molecular weight excluding hydrogens is 410 g/mol. The van der Waals surface area contributed by atoms with Crippen molar-refractivity contribution in [3.8, 4) is 27.6 Å². The number of hydrogen-bond acceptors (Lipinski definition) is 6. The molecule has 5 aromatic rings. The predicted octanol–water partition coefficient (Wildman–Crippen LogP) is 5.75. The largest absolute Gasteiger partial charge is 0.270 e. The molecule has 0 aliphatic rings. The molecule has 0 aliphatic carbocycles. The number of aromatic nitrogens is 5. The fourth-order valence-electron chi connectivity index (χ4n) is 3.09. The van der Waals surface area contributed by atoms with Crippen LogP contribution in [-0.4, -0.2) is 24.7 Å². The molecule has 0 unspecified atom stereocenters. The van der Waals surface area contributed by atoms with E-state index in [1.165, 1.54) is 0 Å². The smallest absolute Gasteiger partial charge is 0.196 e. The van der Waals surface area contributed by atoms with Crippen molar-refractivity contribution >= 4 is 23.1 Å². The minimum Gasteiger partial charge on any atom is -0.270 e. The van der Waals surface area contributed by atoms with Gasteiger partial charge in [0.05, 0.1) is 5.69 Å². The summed E-state index contributed by atoms with van der Waals surface area (Å²) in [5.41, 5.74) is 4.19. The molecule has 7 heteroatoms. The molecule has 146 valence electrons. The summed E-state index contributed by atoms with van der Waals surface area (Å²) in [5, 5.41) is 12.9. The third-order valence-corrected chi connectivity index (χ3v) is 6.41. The number of thioether (sulfide) groups is 1. The molecular formula is C23H17N5S2. The lowest BCUT2D eigenvalue weighted by Gasteiger charge is -2.09. The normalized spacial score (nSPS) is 10.9. The first-order valence-corrected chi connectivity index (χ1v) is 11.3. The van der Waals surface area contributed by atoms with Gasteiger partial charge in [-0.15, -0.1) is 21.5 Å². The van der Waals surface area contributed by atoms with E-state index in [1.807, 2.05) is 48.5 Å². The van der Waals surface area contributed by atoms with Crippen LogP contribution in [0.1, 0.15) is 5.69 Å². The maximum atomic E-state index is 4.79. The average molecular weight is 428 g/mol. The number of pyridine rings is 1. The summed E-state index contributed by atoms with van der Waals surface area (Å²) in [6.45, 7) is 0. The van der Waals surface area contributed by atoms with Crippen LogP contribution in [0.2, 0.25) is 0 Å². The van der Waals surface area contributed by atoms with Crippen LogP contribution in [0.3, 0.4) is 0 Å². The molecule has 5 nitrogen and oxygen atoms in total. The van der Waals surface area contributed by atoms with Crippen molar-refractivity contribution < 1.29 is 0 Å². The van der Waals surface area contributed by atoms with E-state index in [9.17, 15) is 0 Å². The molecule has 0 bridgehead atoms. The van der Waals surface area contributed by atoms with Crippen molar-refractivity contribution in [3.63, 3.8) is 0 Å². The maximum Gasteiger partial charge on any atom is 0.196 e. The molecule has 0 fully saturated rings. The molecule has 0 amide bonds. The standard InChI is InChI=1S/C23H17N5S2/c1-3-7-18(8-4-1)22-25-19(15-29-22)16-30-23-27-26-21(17-11-13-24-14-12-17)28(23)20-9-5-2-6-10-20/h1-15H,16H2. The fourth-order valence-corrected chi connectivity index (χ4v) is 4.86. The van der Waals surface area contributed by atoms with E-state index in [0.29, 0.717) is 0 Å². The predicted molar refractivity (Wildman–Crippen MR) is 122 cm³/mol. The van der Waals surface area contributed by atoms with Crippen molar-refractivity contribution in [1.82, 2.24) is 24.7 Å². The van der Waals surface area contributed by atoms with Gasteiger partial charge in [-0.3, -0.25) is 9.55 Å². The van der Waals surface area contributed by atoms with Crippen molar-refractivity contribution in [2.75, 3.05) is 0 Å². The average Bonchev–Trinajstić information content (AvgIpc) is 3.47. The molecule has 3 heterocycles. The molecule has 2 aromatic carbocycles. The van der Waals surface area contributed by atoms with Crippen LogP contribution in [0.4, 0.5) is 0 Å². The van der Waals surface area contributed by atoms with Crippen molar-refractivity contribution in [3.05, 3.63) is 96.3 Å². The number of hydrogen-bond donors (Lipinski definition) is 0. The Bertz CT molecular complexity index is 1230. The highest BCUT2D eigenvalue weighted by Gasteiger charge is 2.16. The zero-order valence-corrected chi connectivity index (χ0v) is 17.6. The van der Waals surface area contributed by atoms with E-state index >= 15 is 0 Å². The number of thiazole rings is 1. The van der Waals surface area contributed by atoms with Gasteiger partial charge in [-0.25, -0.2) is 4.98 Å². The van der Waals surface area contributed by atoms with Crippen LogP contribution in [0, 0.1) is 0 Å². The second-order valence-electron chi connectivity index (χ2n) is 6.51. The van der Waals surface area contributed by atoms with Gasteiger partial charge >= 0.3 is 0 Å². The van der Waals surface area contributed by atoms with E-state index in [0.717, 1.165) is 44.2 Å². The lowest BCUT2D eigenvalue weighted by atomic mass is 10.2. The van der Waals surface area contributed by atoms with Crippen LogP contribution in [0.25, 0.3) is 27.6 Å². The first kappa shape index (κ1) is 18.7. The zero-order valence-electron chi connectivity index (χ0n) is 15.9. The minimum absolute atomic E-state index is 0.727. The Morgan fingerprint density at radius 1 is 0.800 bits per heavy atom. The fraction of sp³-hybridized carbons (Fsp3) is 0.0435. The number of para-hydroxylation sites is 1. The Labute approximate surface area is 182 Å². The van der Waals surface area contributed by atoms with Crippen molar-refractivity contribution in [2.24, 2.45) is 0 Å². The molecule has 0 radical (unpaired) electrons. The molecule has 3 aromatic heterocycles. The van der Waals surface area contributed by atoms with Gasteiger partial charge in [-0.1, -0.05) is 60.3 Å². The van der Waals surface area contributed by atoms with Crippen molar-refractivity contribution in [2.45, 2.75) is 10.9 Å². The monoisotopic (exact) mass is 427 g/mol. The Balaban J connectivity index is 1.44. The summed E-state index contributed by atoms with van der Waals surface area (Å²) < 4.78 is 2.09. The van der Waals surface area contributed by atoms with Crippen LogP contribution < -0.4 is 0 Å². The first-order valence-electron chi connectivity index (χ1n) is 9.42. The highest BCUT2D eigenvalue weighted by atomic mass is 32.2. The van der Waals surface area contributed by atoms with Gasteiger partial charge in [0.15, 0.2) is 11.0 Å². The van der Waals surface area contributed by atoms with Crippen LogP contribution in [0.15, 0.2) is 95.7 Å². The summed E-state index contributed by atoms with van der Waals surface area (Å²) in [6.07, 6.45) is 3.54. The molecule has 0 N–H and O–H groups in total. The topological polar surface area (TPSA) is 56.5 Å². The second kappa shape index (κ2) is 8.61. The van der Waals surface area contributed by atoms with E-state index in [4.69, 9.17) is 4.98 Å². The highest BCUT2D eigenvalue weighted by Crippen LogP contribution is 2.31. The minimum atomic E-state index is 0.727. The van der Waals surface area contributed by atoms with Crippen LogP contribution >= 0.6 is 23.1 Å². The van der Waals surface area contributed by atoms with Crippen LogP contribution in [0.5, 0.6) is 0 Å². The van der Waals surface area contributed by atoms with Gasteiger partial charge in [0.2, 0.25) is 0 Å². The van der Waals surface area contributed by atoms with Gasteiger partial charge in [0.1, 0.15) is 5.01 Å². The van der Waals surface area contributed by atoms with E-state index in [2.05, 4.69) is 49.4 Å². The Kier molecular flexibility index (Phi) is 5.37. The third kappa shape index (κ3) is 3.90. The molecule has 0 saturated carbocycles. The van der Waals surface area contributed by atoms with Crippen molar-refractivity contribution in [1.29, 1.82) is 0 Å². The number of benzene rings is 2. The number of rotatable bonds is 6. The molecule has 5 rings (SSSR count). The molecule has 0 spiro atoms.